The number of pyridine rings is 1. The van der Waals surface area contributed by atoms with Crippen molar-refractivity contribution in [1.82, 2.24) is 20.2 Å². The Morgan fingerprint density at radius 1 is 1.11 bits per heavy atom. The number of H-pyrrole nitrogens is 1. The molecular formula is C14H18N4. The van der Waals surface area contributed by atoms with E-state index in [0.717, 1.165) is 31.9 Å². The second-order valence-electron chi connectivity index (χ2n) is 4.57. The van der Waals surface area contributed by atoms with Gasteiger partial charge in [-0.2, -0.15) is 0 Å². The van der Waals surface area contributed by atoms with Gasteiger partial charge in [0.2, 0.25) is 0 Å². The quantitative estimate of drug-likeness (QED) is 0.855. The van der Waals surface area contributed by atoms with E-state index in [4.69, 9.17) is 0 Å². The summed E-state index contributed by atoms with van der Waals surface area (Å²) in [4.78, 5) is 10.3. The van der Waals surface area contributed by atoms with Crippen LogP contribution in [0.1, 0.15) is 17.4 Å². The van der Waals surface area contributed by atoms with Gasteiger partial charge in [0.05, 0.1) is 11.7 Å². The fourth-order valence-electron chi connectivity index (χ4n) is 2.54. The molecule has 0 bridgehead atoms. The van der Waals surface area contributed by atoms with E-state index in [-0.39, 0.29) is 6.04 Å². The summed E-state index contributed by atoms with van der Waals surface area (Å²) in [6.07, 6.45) is 3.85. The van der Waals surface area contributed by atoms with Crippen molar-refractivity contribution in [3.63, 3.8) is 0 Å². The van der Waals surface area contributed by atoms with Crippen LogP contribution in [0.2, 0.25) is 0 Å². The predicted molar refractivity (Wildman–Crippen MR) is 71.3 cm³/mol. The lowest BCUT2D eigenvalue weighted by molar-refractivity contribution is 0.193. The van der Waals surface area contributed by atoms with Crippen molar-refractivity contribution in [3.8, 4) is 0 Å². The maximum Gasteiger partial charge on any atom is 0.0928 e. The monoisotopic (exact) mass is 242 g/mol. The first-order valence-corrected chi connectivity index (χ1v) is 6.44. The van der Waals surface area contributed by atoms with Crippen molar-refractivity contribution in [3.05, 3.63) is 54.1 Å². The molecule has 0 aliphatic carbocycles. The van der Waals surface area contributed by atoms with E-state index < -0.39 is 0 Å². The molecule has 0 aromatic carbocycles. The van der Waals surface area contributed by atoms with Gasteiger partial charge in [0.15, 0.2) is 0 Å². The van der Waals surface area contributed by atoms with Gasteiger partial charge in [-0.3, -0.25) is 9.88 Å². The Morgan fingerprint density at radius 3 is 2.67 bits per heavy atom. The molecule has 0 saturated carbocycles. The van der Waals surface area contributed by atoms with Crippen molar-refractivity contribution in [2.24, 2.45) is 0 Å². The van der Waals surface area contributed by atoms with E-state index in [0.29, 0.717) is 0 Å². The highest BCUT2D eigenvalue weighted by Crippen LogP contribution is 2.25. The molecular weight excluding hydrogens is 224 g/mol. The lowest BCUT2D eigenvalue weighted by atomic mass is 10.1. The van der Waals surface area contributed by atoms with Crippen molar-refractivity contribution in [2.45, 2.75) is 6.04 Å². The number of nitrogens with one attached hydrogen (secondary N) is 2. The van der Waals surface area contributed by atoms with E-state index in [1.54, 1.807) is 0 Å². The van der Waals surface area contributed by atoms with E-state index in [2.05, 4.69) is 38.4 Å². The highest BCUT2D eigenvalue weighted by Gasteiger charge is 2.25. The fraction of sp³-hybridized carbons (Fsp3) is 0.357. The largest absolute Gasteiger partial charge is 0.363 e. The Morgan fingerprint density at radius 2 is 2.00 bits per heavy atom. The molecule has 0 spiro atoms. The molecule has 1 saturated heterocycles. The van der Waals surface area contributed by atoms with Crippen LogP contribution in [0, 0.1) is 0 Å². The summed E-state index contributed by atoms with van der Waals surface area (Å²) in [5.41, 5.74) is 2.33. The van der Waals surface area contributed by atoms with Gasteiger partial charge in [0.25, 0.3) is 0 Å². The second-order valence-corrected chi connectivity index (χ2v) is 4.57. The third-order valence-electron chi connectivity index (χ3n) is 3.40. The van der Waals surface area contributed by atoms with Crippen LogP contribution >= 0.6 is 0 Å². The molecule has 1 aliphatic rings. The van der Waals surface area contributed by atoms with Crippen LogP contribution in [0.5, 0.6) is 0 Å². The molecule has 18 heavy (non-hydrogen) atoms. The standard InChI is InChI=1S/C14H18N4/c1-2-6-16-12(4-1)14(13-5-3-7-17-13)18-10-8-15-9-11-18/h1-7,14-15,17H,8-11H2. The maximum atomic E-state index is 4.53. The van der Waals surface area contributed by atoms with Gasteiger partial charge in [0.1, 0.15) is 0 Å². The zero-order chi connectivity index (χ0) is 12.2. The topological polar surface area (TPSA) is 44.0 Å². The third kappa shape index (κ3) is 2.30. The van der Waals surface area contributed by atoms with E-state index in [1.807, 2.05) is 24.5 Å². The van der Waals surface area contributed by atoms with Gasteiger partial charge in [-0.1, -0.05) is 6.07 Å². The van der Waals surface area contributed by atoms with Gasteiger partial charge in [-0.15, -0.1) is 0 Å². The van der Waals surface area contributed by atoms with Crippen LogP contribution in [0.25, 0.3) is 0 Å². The minimum Gasteiger partial charge on any atom is -0.363 e. The zero-order valence-corrected chi connectivity index (χ0v) is 10.3. The first kappa shape index (κ1) is 11.4. The number of aromatic nitrogens is 2. The summed E-state index contributed by atoms with van der Waals surface area (Å²) in [5, 5.41) is 3.39. The number of hydrogen-bond acceptors (Lipinski definition) is 3. The molecule has 4 heteroatoms. The zero-order valence-electron chi connectivity index (χ0n) is 10.3. The van der Waals surface area contributed by atoms with Crippen LogP contribution in [0.3, 0.4) is 0 Å². The van der Waals surface area contributed by atoms with Crippen molar-refractivity contribution >= 4 is 0 Å². The molecule has 2 aromatic rings. The van der Waals surface area contributed by atoms with Gasteiger partial charge in [-0.05, 0) is 24.3 Å². The van der Waals surface area contributed by atoms with Gasteiger partial charge in [0, 0.05) is 44.3 Å². The molecule has 2 aromatic heterocycles. The predicted octanol–water partition coefficient (Wildman–Crippen LogP) is 1.40. The minimum absolute atomic E-state index is 0.239. The normalized spacial score (nSPS) is 18.7. The number of piperazine rings is 1. The average Bonchev–Trinajstić information content (AvgIpc) is 2.95. The van der Waals surface area contributed by atoms with Crippen LogP contribution in [-0.4, -0.2) is 41.0 Å². The molecule has 0 radical (unpaired) electrons. The maximum absolute atomic E-state index is 4.53. The third-order valence-corrected chi connectivity index (χ3v) is 3.40. The molecule has 1 unspecified atom stereocenters. The Hall–Kier alpha value is -1.65. The highest BCUT2D eigenvalue weighted by atomic mass is 15.2. The van der Waals surface area contributed by atoms with Crippen LogP contribution < -0.4 is 5.32 Å². The number of hydrogen-bond donors (Lipinski definition) is 2. The second kappa shape index (κ2) is 5.33. The Bertz CT molecular complexity index is 460. The molecule has 1 aliphatic heterocycles. The van der Waals surface area contributed by atoms with Gasteiger partial charge >= 0.3 is 0 Å². The SMILES string of the molecule is c1ccc(C(c2ccc[nH]2)N2CCNCC2)nc1. The fourth-order valence-corrected chi connectivity index (χ4v) is 2.54. The van der Waals surface area contributed by atoms with Crippen LogP contribution in [0.15, 0.2) is 42.7 Å². The van der Waals surface area contributed by atoms with Crippen LogP contribution in [-0.2, 0) is 0 Å². The summed E-state index contributed by atoms with van der Waals surface area (Å²) in [6.45, 7) is 4.20. The van der Waals surface area contributed by atoms with Crippen molar-refractivity contribution < 1.29 is 0 Å². The van der Waals surface area contributed by atoms with Gasteiger partial charge in [-0.25, -0.2) is 0 Å². The Balaban J connectivity index is 1.93. The molecule has 1 fully saturated rings. The van der Waals surface area contributed by atoms with Crippen molar-refractivity contribution in [2.75, 3.05) is 26.2 Å². The molecule has 1 atom stereocenters. The van der Waals surface area contributed by atoms with E-state index >= 15 is 0 Å². The van der Waals surface area contributed by atoms with Crippen molar-refractivity contribution in [1.29, 1.82) is 0 Å². The summed E-state index contributed by atoms with van der Waals surface area (Å²) in [6, 6.07) is 10.6. The Labute approximate surface area is 107 Å². The first-order chi connectivity index (χ1) is 8.95. The molecule has 94 valence electrons. The summed E-state index contributed by atoms with van der Waals surface area (Å²) in [7, 11) is 0. The minimum atomic E-state index is 0.239. The molecule has 3 rings (SSSR count). The number of rotatable bonds is 3. The summed E-state index contributed by atoms with van der Waals surface area (Å²) < 4.78 is 0. The molecule has 4 nitrogen and oxygen atoms in total. The average molecular weight is 242 g/mol. The molecule has 3 heterocycles. The van der Waals surface area contributed by atoms with Gasteiger partial charge < -0.3 is 10.3 Å². The number of aromatic amines is 1. The summed E-state index contributed by atoms with van der Waals surface area (Å²) in [5.74, 6) is 0. The number of nitrogens with zero attached hydrogens (tertiary/aromatic N) is 2. The lowest BCUT2D eigenvalue weighted by Crippen LogP contribution is -2.45. The smallest absolute Gasteiger partial charge is 0.0928 e. The lowest BCUT2D eigenvalue weighted by Gasteiger charge is -2.34. The molecule has 2 N–H and O–H groups in total. The Kier molecular flexibility index (Phi) is 3.39. The first-order valence-electron chi connectivity index (χ1n) is 6.44. The van der Waals surface area contributed by atoms with E-state index in [1.165, 1.54) is 5.69 Å². The molecule has 0 amide bonds. The van der Waals surface area contributed by atoms with E-state index in [9.17, 15) is 0 Å². The van der Waals surface area contributed by atoms with Crippen LogP contribution in [0.4, 0.5) is 0 Å². The highest BCUT2D eigenvalue weighted by molar-refractivity contribution is 5.22. The summed E-state index contributed by atoms with van der Waals surface area (Å²) >= 11 is 0.